The number of hydrogen-bond donors (Lipinski definition) is 1. The highest BCUT2D eigenvalue weighted by atomic mass is 35.5. The molecule has 3 aromatic heterocycles. The molecule has 2 aliphatic rings. The van der Waals surface area contributed by atoms with E-state index in [4.69, 9.17) is 31.3 Å². The molecule has 11 nitrogen and oxygen atoms in total. The van der Waals surface area contributed by atoms with Gasteiger partial charge in [0.15, 0.2) is 17.7 Å². The second-order valence-electron chi connectivity index (χ2n) is 9.65. The molecular formula is C26H29ClF2N8O3. The summed E-state index contributed by atoms with van der Waals surface area (Å²) in [6, 6.07) is 1.97. The second-order valence-corrected chi connectivity index (χ2v) is 10.1. The molecular weight excluding hydrogens is 546 g/mol. The Morgan fingerprint density at radius 2 is 2.10 bits per heavy atom. The standard InChI is InChI=1S/C26H29ClF2N8O3/c1-15(31-6-16-3-4-36(11-21(16)29)19-12-39-13-19)24(35-30)17-5-22(25-20(27)9-34-37(25)10-17)40-14-23(38-2)26-32-7-18(28)8-33-26/h5-10,16,19,21,23,30H,3-4,11-14H2,1-2H3/b24-15-,31-6-,35-30?/t16?,21-,23?/m0/s1. The van der Waals surface area contributed by atoms with E-state index < -0.39 is 18.1 Å². The number of rotatable bonds is 10. The van der Waals surface area contributed by atoms with Gasteiger partial charge in [0.25, 0.3) is 0 Å². The largest absolute Gasteiger partial charge is 0.488 e. The summed E-state index contributed by atoms with van der Waals surface area (Å²) in [5, 5.41) is 8.33. The number of alkyl halides is 1. The van der Waals surface area contributed by atoms with Gasteiger partial charge in [-0.15, -0.1) is 0 Å². The Morgan fingerprint density at radius 3 is 2.75 bits per heavy atom. The molecule has 0 radical (unpaired) electrons. The SMILES string of the molecule is COC(COc1cc(/C(N=N)=C(C)/N=C\C2CCN(C3COC3)C[C@@H]2F)cn2ncc(Cl)c12)c1ncc(F)cn1. The van der Waals surface area contributed by atoms with Crippen molar-refractivity contribution in [2.75, 3.05) is 40.0 Å². The Morgan fingerprint density at radius 1 is 1.32 bits per heavy atom. The third-order valence-electron chi connectivity index (χ3n) is 7.08. The lowest BCUT2D eigenvalue weighted by Gasteiger charge is -2.42. The average Bonchev–Trinajstić information content (AvgIpc) is 3.29. The molecule has 2 aliphatic heterocycles. The fourth-order valence-corrected chi connectivity index (χ4v) is 4.92. The van der Waals surface area contributed by atoms with Crippen molar-refractivity contribution >= 4 is 29.0 Å². The van der Waals surface area contributed by atoms with Crippen LogP contribution in [0.15, 0.2) is 46.7 Å². The van der Waals surface area contributed by atoms with Crippen LogP contribution in [0.4, 0.5) is 8.78 Å². The number of aromatic nitrogens is 4. The van der Waals surface area contributed by atoms with Gasteiger partial charge < -0.3 is 14.2 Å². The van der Waals surface area contributed by atoms with Crippen molar-refractivity contribution < 1.29 is 23.0 Å². The zero-order chi connectivity index (χ0) is 28.2. The van der Waals surface area contributed by atoms with Crippen molar-refractivity contribution in [2.24, 2.45) is 16.0 Å². The van der Waals surface area contributed by atoms with E-state index in [1.807, 2.05) is 0 Å². The molecule has 3 aromatic rings. The molecule has 14 heteroatoms. The van der Waals surface area contributed by atoms with Crippen LogP contribution in [0, 0.1) is 17.3 Å². The minimum Gasteiger partial charge on any atom is -0.488 e. The summed E-state index contributed by atoms with van der Waals surface area (Å²) in [6.45, 7) is 4.15. The summed E-state index contributed by atoms with van der Waals surface area (Å²) >= 11 is 6.38. The number of ether oxygens (including phenoxy) is 3. The van der Waals surface area contributed by atoms with Crippen LogP contribution in [-0.4, -0.2) is 82.9 Å². The van der Waals surface area contributed by atoms with Gasteiger partial charge >= 0.3 is 0 Å². The van der Waals surface area contributed by atoms with Gasteiger partial charge in [0.2, 0.25) is 0 Å². The van der Waals surface area contributed by atoms with Gasteiger partial charge in [-0.05, 0) is 26.0 Å². The molecule has 0 saturated carbocycles. The van der Waals surface area contributed by atoms with E-state index in [1.54, 1.807) is 25.4 Å². The molecule has 5 heterocycles. The molecule has 0 aliphatic carbocycles. The van der Waals surface area contributed by atoms with Crippen LogP contribution in [0.3, 0.4) is 0 Å². The Balaban J connectivity index is 1.37. The number of piperidine rings is 1. The topological polar surface area (TPSA) is 123 Å². The number of halogens is 3. The van der Waals surface area contributed by atoms with Crippen LogP contribution in [0.2, 0.25) is 5.02 Å². The molecule has 2 unspecified atom stereocenters. The van der Waals surface area contributed by atoms with Crippen LogP contribution >= 0.6 is 11.6 Å². The third kappa shape index (κ3) is 6.02. The molecule has 5 rings (SSSR count). The number of nitrogens with zero attached hydrogens (tertiary/aromatic N) is 7. The monoisotopic (exact) mass is 574 g/mol. The van der Waals surface area contributed by atoms with Crippen LogP contribution in [-0.2, 0) is 9.47 Å². The average molecular weight is 575 g/mol. The first-order chi connectivity index (χ1) is 19.4. The second kappa shape index (κ2) is 12.4. The fraction of sp³-hybridized carbons (Fsp3) is 0.462. The van der Waals surface area contributed by atoms with E-state index in [2.05, 4.69) is 30.1 Å². The van der Waals surface area contributed by atoms with Crippen molar-refractivity contribution in [3.05, 3.63) is 58.8 Å². The number of nitrogens with one attached hydrogen (secondary N) is 1. The predicted molar refractivity (Wildman–Crippen MR) is 143 cm³/mol. The summed E-state index contributed by atoms with van der Waals surface area (Å²) in [4.78, 5) is 14.6. The zero-order valence-electron chi connectivity index (χ0n) is 22.0. The van der Waals surface area contributed by atoms with Gasteiger partial charge in [-0.1, -0.05) is 11.6 Å². The predicted octanol–water partition coefficient (Wildman–Crippen LogP) is 4.53. The lowest BCUT2D eigenvalue weighted by molar-refractivity contribution is -0.0812. The Labute approximate surface area is 234 Å². The van der Waals surface area contributed by atoms with Crippen LogP contribution in [0.25, 0.3) is 11.2 Å². The first-order valence-corrected chi connectivity index (χ1v) is 13.1. The van der Waals surface area contributed by atoms with Gasteiger partial charge in [0.1, 0.15) is 29.7 Å². The first kappa shape index (κ1) is 28.1. The molecule has 1 N–H and O–H groups in total. The maximum Gasteiger partial charge on any atom is 0.160 e. The van der Waals surface area contributed by atoms with Gasteiger partial charge in [-0.3, -0.25) is 9.89 Å². The van der Waals surface area contributed by atoms with E-state index in [1.165, 1.54) is 17.8 Å². The Bertz CT molecular complexity index is 1410. The molecule has 40 heavy (non-hydrogen) atoms. The van der Waals surface area contributed by atoms with Crippen molar-refractivity contribution in [1.82, 2.24) is 24.5 Å². The summed E-state index contributed by atoms with van der Waals surface area (Å²) < 4.78 is 46.4. The van der Waals surface area contributed by atoms with Crippen LogP contribution < -0.4 is 4.74 Å². The summed E-state index contributed by atoms with van der Waals surface area (Å²) in [6.07, 6.45) is 5.77. The van der Waals surface area contributed by atoms with Crippen molar-refractivity contribution in [3.63, 3.8) is 0 Å². The summed E-state index contributed by atoms with van der Waals surface area (Å²) in [5.74, 6) is -0.295. The maximum atomic E-state index is 14.9. The quantitative estimate of drug-likeness (QED) is 0.279. The van der Waals surface area contributed by atoms with Crippen molar-refractivity contribution in [2.45, 2.75) is 31.7 Å². The molecule has 0 spiro atoms. The molecule has 0 aromatic carbocycles. The Kier molecular flexibility index (Phi) is 8.74. The van der Waals surface area contributed by atoms with Gasteiger partial charge in [-0.2, -0.15) is 10.2 Å². The van der Waals surface area contributed by atoms with E-state index in [0.717, 1.165) is 18.9 Å². The number of hydrogen-bond acceptors (Lipinski definition) is 10. The molecule has 3 atom stereocenters. The van der Waals surface area contributed by atoms with Crippen LogP contribution in [0.1, 0.15) is 30.8 Å². The number of fused-ring (bicyclic) bond motifs is 1. The van der Waals surface area contributed by atoms with Crippen molar-refractivity contribution in [1.29, 1.82) is 5.53 Å². The number of allylic oxidation sites excluding steroid dienone is 1. The number of methoxy groups -OCH3 is 1. The van der Waals surface area contributed by atoms with E-state index >= 15 is 0 Å². The number of pyridine rings is 1. The lowest BCUT2D eigenvalue weighted by Crippen LogP contribution is -2.54. The normalized spacial score (nSPS) is 21.8. The maximum absolute atomic E-state index is 14.9. The molecule has 0 bridgehead atoms. The third-order valence-corrected chi connectivity index (χ3v) is 7.36. The van der Waals surface area contributed by atoms with Crippen LogP contribution in [0.5, 0.6) is 5.75 Å². The molecule has 0 amide bonds. The zero-order valence-corrected chi connectivity index (χ0v) is 22.8. The molecule has 212 valence electrons. The minimum atomic E-state index is -1.04. The molecule has 2 saturated heterocycles. The summed E-state index contributed by atoms with van der Waals surface area (Å²) in [5.41, 5.74) is 9.54. The highest BCUT2D eigenvalue weighted by Crippen LogP contribution is 2.33. The fourth-order valence-electron chi connectivity index (χ4n) is 4.69. The lowest BCUT2D eigenvalue weighted by atomic mass is 9.94. The van der Waals surface area contributed by atoms with E-state index in [9.17, 15) is 8.78 Å². The number of likely N-dealkylation sites (tertiary alicyclic amines) is 1. The van der Waals surface area contributed by atoms with E-state index in [-0.39, 0.29) is 24.0 Å². The van der Waals surface area contributed by atoms with E-state index in [0.29, 0.717) is 59.8 Å². The number of aliphatic imine (C=N–C) groups is 1. The smallest absolute Gasteiger partial charge is 0.160 e. The van der Waals surface area contributed by atoms with Gasteiger partial charge in [-0.25, -0.2) is 28.8 Å². The first-order valence-electron chi connectivity index (χ1n) is 12.8. The highest BCUT2D eigenvalue weighted by molar-refractivity contribution is 6.34. The highest BCUT2D eigenvalue weighted by Gasteiger charge is 2.34. The Hall–Kier alpha value is -3.39. The minimum absolute atomic E-state index is 0.0134. The van der Waals surface area contributed by atoms with Crippen molar-refractivity contribution in [3.8, 4) is 5.75 Å². The molecule has 2 fully saturated rings. The van der Waals surface area contributed by atoms with Gasteiger partial charge in [0, 0.05) is 37.5 Å². The summed E-state index contributed by atoms with van der Waals surface area (Å²) in [7, 11) is 1.47. The van der Waals surface area contributed by atoms with Gasteiger partial charge in [0.05, 0.1) is 48.6 Å².